The Morgan fingerprint density at radius 3 is 2.76 bits per heavy atom. The third kappa shape index (κ3) is 7.66. The van der Waals surface area contributed by atoms with Gasteiger partial charge in [0.05, 0.1) is 6.10 Å². The number of halogens is 3. The first-order valence-corrected chi connectivity index (χ1v) is 7.50. The number of carbonyl (C=O) groups excluding carboxylic acids is 1. The number of hydrogen-bond donors (Lipinski definition) is 2. The number of nitrogens with one attached hydrogen (secondary N) is 1. The Hall–Kier alpha value is -0.820. The quantitative estimate of drug-likeness (QED) is 0.759. The van der Waals surface area contributed by atoms with E-state index >= 15 is 0 Å². The van der Waals surface area contributed by atoms with Gasteiger partial charge < -0.3 is 15.8 Å². The Morgan fingerprint density at radius 1 is 1.43 bits per heavy atom. The molecule has 1 aliphatic rings. The summed E-state index contributed by atoms with van der Waals surface area (Å²) in [5.74, 6) is -0.171. The molecule has 3 N–H and O–H groups in total. The highest BCUT2D eigenvalue weighted by Crippen LogP contribution is 2.24. The van der Waals surface area contributed by atoms with Crippen molar-refractivity contribution >= 4 is 5.91 Å². The van der Waals surface area contributed by atoms with E-state index in [0.717, 1.165) is 25.7 Å². The Labute approximate surface area is 123 Å². The van der Waals surface area contributed by atoms with Gasteiger partial charge in [-0.05, 0) is 45.1 Å². The first kappa shape index (κ1) is 18.2. The number of hydrogen-bond acceptors (Lipinski definition) is 3. The van der Waals surface area contributed by atoms with E-state index in [-0.39, 0.29) is 17.9 Å². The molecule has 0 spiro atoms. The lowest BCUT2D eigenvalue weighted by atomic mass is 9.92. The van der Waals surface area contributed by atoms with Crippen LogP contribution in [-0.2, 0) is 9.53 Å². The molecule has 4 nitrogen and oxygen atoms in total. The van der Waals surface area contributed by atoms with Crippen molar-refractivity contribution in [3.63, 3.8) is 0 Å². The number of alkyl halides is 3. The Kier molecular flexibility index (Phi) is 7.45. The van der Waals surface area contributed by atoms with Crippen LogP contribution in [0.15, 0.2) is 0 Å². The standard InChI is InChI=1S/C14H25F3N2O2/c1-10(4-3-7-18)13(20)19-11-5-2-6-12(8-11)21-9-14(15,16)17/h10-12H,2-9,18H2,1H3,(H,19,20). The van der Waals surface area contributed by atoms with Crippen molar-refractivity contribution < 1.29 is 22.7 Å². The van der Waals surface area contributed by atoms with Crippen LogP contribution >= 0.6 is 0 Å². The van der Waals surface area contributed by atoms with E-state index in [0.29, 0.717) is 19.4 Å². The maximum absolute atomic E-state index is 12.1. The fourth-order valence-corrected chi connectivity index (χ4v) is 2.54. The number of amides is 1. The first-order chi connectivity index (χ1) is 9.81. The normalized spacial score (nSPS) is 24.6. The van der Waals surface area contributed by atoms with Gasteiger partial charge in [0, 0.05) is 12.0 Å². The van der Waals surface area contributed by atoms with Crippen LogP contribution in [0.2, 0.25) is 0 Å². The molecule has 0 aliphatic heterocycles. The van der Waals surface area contributed by atoms with E-state index in [4.69, 9.17) is 10.5 Å². The van der Waals surface area contributed by atoms with Gasteiger partial charge in [-0.15, -0.1) is 0 Å². The van der Waals surface area contributed by atoms with E-state index < -0.39 is 18.9 Å². The van der Waals surface area contributed by atoms with Gasteiger partial charge in [-0.3, -0.25) is 4.79 Å². The van der Waals surface area contributed by atoms with Crippen LogP contribution < -0.4 is 11.1 Å². The minimum atomic E-state index is -4.30. The van der Waals surface area contributed by atoms with Crippen molar-refractivity contribution in [2.45, 2.75) is 63.8 Å². The predicted octanol–water partition coefficient (Wildman–Crippen LogP) is 2.37. The minimum absolute atomic E-state index is 0.0510. The van der Waals surface area contributed by atoms with E-state index in [2.05, 4.69) is 5.32 Å². The summed E-state index contributed by atoms with van der Waals surface area (Å²) in [5.41, 5.74) is 5.41. The maximum atomic E-state index is 12.1. The zero-order valence-corrected chi connectivity index (χ0v) is 12.4. The molecule has 3 unspecified atom stereocenters. The average molecular weight is 310 g/mol. The van der Waals surface area contributed by atoms with Crippen molar-refractivity contribution in [3.8, 4) is 0 Å². The molecule has 0 radical (unpaired) electrons. The third-order valence-corrected chi connectivity index (χ3v) is 3.74. The van der Waals surface area contributed by atoms with Gasteiger partial charge in [0.15, 0.2) is 0 Å². The molecule has 0 aromatic heterocycles. The maximum Gasteiger partial charge on any atom is 0.411 e. The number of carbonyl (C=O) groups is 1. The molecule has 0 saturated heterocycles. The first-order valence-electron chi connectivity index (χ1n) is 7.50. The number of ether oxygens (including phenoxy) is 1. The summed E-state index contributed by atoms with van der Waals surface area (Å²) < 4.78 is 41.3. The number of nitrogens with two attached hydrogens (primary N) is 1. The van der Waals surface area contributed by atoms with E-state index in [9.17, 15) is 18.0 Å². The Bertz CT molecular complexity index is 324. The Morgan fingerprint density at radius 2 is 2.14 bits per heavy atom. The van der Waals surface area contributed by atoms with Crippen LogP contribution in [-0.4, -0.2) is 37.4 Å². The van der Waals surface area contributed by atoms with Gasteiger partial charge in [0.2, 0.25) is 5.91 Å². The molecular formula is C14H25F3N2O2. The van der Waals surface area contributed by atoms with E-state index in [1.54, 1.807) is 0 Å². The molecule has 1 amide bonds. The summed E-state index contributed by atoms with van der Waals surface area (Å²) in [7, 11) is 0. The molecular weight excluding hydrogens is 285 g/mol. The molecule has 1 fully saturated rings. The van der Waals surface area contributed by atoms with Gasteiger partial charge in [-0.2, -0.15) is 13.2 Å². The molecule has 0 aromatic rings. The summed E-state index contributed by atoms with van der Waals surface area (Å²) in [6, 6.07) is -0.0928. The van der Waals surface area contributed by atoms with Gasteiger partial charge in [-0.1, -0.05) is 6.92 Å². The van der Waals surface area contributed by atoms with Crippen LogP contribution in [0.5, 0.6) is 0 Å². The molecule has 1 saturated carbocycles. The zero-order chi connectivity index (χ0) is 15.9. The van der Waals surface area contributed by atoms with Gasteiger partial charge in [0.1, 0.15) is 6.61 Å². The van der Waals surface area contributed by atoms with Crippen molar-refractivity contribution in [1.82, 2.24) is 5.32 Å². The fourth-order valence-electron chi connectivity index (χ4n) is 2.54. The lowest BCUT2D eigenvalue weighted by molar-refractivity contribution is -0.188. The molecule has 0 bridgehead atoms. The highest BCUT2D eigenvalue weighted by molar-refractivity contribution is 5.78. The van der Waals surface area contributed by atoms with Gasteiger partial charge in [0.25, 0.3) is 0 Å². The van der Waals surface area contributed by atoms with Crippen LogP contribution in [0.25, 0.3) is 0 Å². The molecule has 0 aromatic carbocycles. The largest absolute Gasteiger partial charge is 0.411 e. The smallest absolute Gasteiger partial charge is 0.369 e. The van der Waals surface area contributed by atoms with Crippen LogP contribution in [0.4, 0.5) is 13.2 Å². The lowest BCUT2D eigenvalue weighted by Gasteiger charge is -2.30. The topological polar surface area (TPSA) is 64.4 Å². The highest BCUT2D eigenvalue weighted by atomic mass is 19.4. The summed E-state index contributed by atoms with van der Waals surface area (Å²) in [5, 5.41) is 2.91. The lowest BCUT2D eigenvalue weighted by Crippen LogP contribution is -2.43. The summed E-state index contributed by atoms with van der Waals surface area (Å²) >= 11 is 0. The predicted molar refractivity (Wildman–Crippen MR) is 73.6 cm³/mol. The molecule has 1 aliphatic carbocycles. The van der Waals surface area contributed by atoms with Crippen LogP contribution in [0, 0.1) is 5.92 Å². The summed E-state index contributed by atoms with van der Waals surface area (Å²) in [6.45, 7) is 1.17. The van der Waals surface area contributed by atoms with E-state index in [1.807, 2.05) is 6.92 Å². The molecule has 1 rings (SSSR count). The van der Waals surface area contributed by atoms with Crippen LogP contribution in [0.1, 0.15) is 45.4 Å². The molecule has 124 valence electrons. The van der Waals surface area contributed by atoms with Crippen LogP contribution in [0.3, 0.4) is 0 Å². The summed E-state index contributed by atoms with van der Waals surface area (Å²) in [4.78, 5) is 12.0. The zero-order valence-electron chi connectivity index (χ0n) is 12.4. The SMILES string of the molecule is CC(CCCN)C(=O)NC1CCCC(OCC(F)(F)F)C1. The fraction of sp³-hybridized carbons (Fsp3) is 0.929. The van der Waals surface area contributed by atoms with Crippen molar-refractivity contribution in [2.75, 3.05) is 13.2 Å². The monoisotopic (exact) mass is 310 g/mol. The highest BCUT2D eigenvalue weighted by Gasteiger charge is 2.31. The second-order valence-electron chi connectivity index (χ2n) is 5.75. The van der Waals surface area contributed by atoms with Crippen molar-refractivity contribution in [1.29, 1.82) is 0 Å². The summed E-state index contributed by atoms with van der Waals surface area (Å²) in [6.07, 6.45) is -0.584. The average Bonchev–Trinajstić information content (AvgIpc) is 2.42. The number of rotatable bonds is 7. The second kappa shape index (κ2) is 8.58. The van der Waals surface area contributed by atoms with Crippen molar-refractivity contribution in [3.05, 3.63) is 0 Å². The van der Waals surface area contributed by atoms with E-state index in [1.165, 1.54) is 0 Å². The minimum Gasteiger partial charge on any atom is -0.369 e. The van der Waals surface area contributed by atoms with Gasteiger partial charge in [-0.25, -0.2) is 0 Å². The Balaban J connectivity index is 2.33. The van der Waals surface area contributed by atoms with Gasteiger partial charge >= 0.3 is 6.18 Å². The molecule has 3 atom stereocenters. The molecule has 0 heterocycles. The third-order valence-electron chi connectivity index (χ3n) is 3.74. The second-order valence-corrected chi connectivity index (χ2v) is 5.75. The molecule has 7 heteroatoms. The van der Waals surface area contributed by atoms with Crippen molar-refractivity contribution in [2.24, 2.45) is 11.7 Å². The molecule has 21 heavy (non-hydrogen) atoms.